The van der Waals surface area contributed by atoms with Crippen LogP contribution in [0.1, 0.15) is 0 Å². The second-order valence-electron chi connectivity index (χ2n) is 2.89. The van der Waals surface area contributed by atoms with Gasteiger partial charge in [0.05, 0.1) is 0 Å². The Bertz CT molecular complexity index is 381. The van der Waals surface area contributed by atoms with Crippen molar-refractivity contribution < 1.29 is 56.5 Å². The van der Waals surface area contributed by atoms with Crippen LogP contribution in [-0.2, 0) is 0 Å². The van der Waals surface area contributed by atoms with E-state index in [9.17, 15) is 5.11 Å². The molecular weight excluding hydrogens is 199 g/mol. The minimum atomic E-state index is 0. The maximum absolute atomic E-state index is 10.9. The van der Waals surface area contributed by atoms with E-state index in [-0.39, 0.29) is 57.1 Å². The number of hydrogen-bond donors (Lipinski definition) is 0. The van der Waals surface area contributed by atoms with Gasteiger partial charge >= 0.3 is 51.4 Å². The predicted octanol–water partition coefficient (Wildman–Crippen LogP) is -0.569. The minimum absolute atomic E-state index is 0. The first-order valence-corrected chi connectivity index (χ1v) is 4.19. The van der Waals surface area contributed by atoms with Gasteiger partial charge in [0.2, 0.25) is 0 Å². The summed E-state index contributed by atoms with van der Waals surface area (Å²) in [5.41, 5.74) is 2.22. The van der Waals surface area contributed by atoms with Gasteiger partial charge in [-0.1, -0.05) is 54.6 Å². The van der Waals surface area contributed by atoms with Crippen LogP contribution in [0.3, 0.4) is 0 Å². The molecule has 0 heterocycles. The van der Waals surface area contributed by atoms with Gasteiger partial charge in [-0.2, -0.15) is 0 Å². The van der Waals surface area contributed by atoms with E-state index >= 15 is 0 Å². The normalized spacial score (nSPS) is 9.14. The van der Waals surface area contributed by atoms with E-state index in [0.717, 1.165) is 11.1 Å². The van der Waals surface area contributed by atoms with Crippen molar-refractivity contribution in [2.45, 2.75) is 0 Å². The average molecular weight is 208 g/mol. The van der Waals surface area contributed by atoms with Crippen molar-refractivity contribution in [2.24, 2.45) is 0 Å². The molecule has 2 rings (SSSR count). The number of benzene rings is 2. The molecule has 1 nitrogen and oxygen atoms in total. The fourth-order valence-electron chi connectivity index (χ4n) is 1.28. The molecule has 0 fully saturated rings. The molecule has 0 unspecified atom stereocenters. The Labute approximate surface area is 126 Å². The quantitative estimate of drug-likeness (QED) is 0.576. The summed E-state index contributed by atoms with van der Waals surface area (Å²) in [6.45, 7) is 0. The van der Waals surface area contributed by atoms with Crippen molar-refractivity contribution >= 4 is 0 Å². The Morgan fingerprint density at radius 1 is 0.643 bits per heavy atom. The van der Waals surface area contributed by atoms with E-state index in [1.165, 1.54) is 0 Å². The second kappa shape index (κ2) is 5.68. The third-order valence-electron chi connectivity index (χ3n) is 1.96. The van der Waals surface area contributed by atoms with Crippen LogP contribution < -0.4 is 56.5 Å². The Hall–Kier alpha value is -0.124. The van der Waals surface area contributed by atoms with Crippen LogP contribution in [0, 0.1) is 0 Å². The molecule has 0 aliphatic heterocycles. The minimum Gasteiger partial charge on any atom is -0.872 e. The summed E-state index contributed by atoms with van der Waals surface area (Å²) in [7, 11) is 0. The summed E-state index contributed by atoms with van der Waals surface area (Å²) in [5, 5.41) is 10.9. The van der Waals surface area contributed by atoms with Gasteiger partial charge in [0, 0.05) is 0 Å². The Kier molecular flexibility index (Phi) is 4.85. The topological polar surface area (TPSA) is 23.1 Å². The predicted molar refractivity (Wildman–Crippen MR) is 51.3 cm³/mol. The molecule has 64 valence electrons. The SMILES string of the molecule is [K+].[O-]c1ccc(-c2ccccc2)cc1. The number of rotatable bonds is 1. The smallest absolute Gasteiger partial charge is 0.872 e. The van der Waals surface area contributed by atoms with Crippen molar-refractivity contribution in [1.82, 2.24) is 0 Å². The van der Waals surface area contributed by atoms with E-state index < -0.39 is 0 Å². The monoisotopic (exact) mass is 208 g/mol. The standard InChI is InChI=1S/C12H10O.K/c13-12-8-6-11(7-9-12)10-4-2-1-3-5-10;/h1-9,13H;/q;+1/p-1. The zero-order chi connectivity index (χ0) is 9.10. The molecule has 0 saturated heterocycles. The van der Waals surface area contributed by atoms with Crippen LogP contribution in [0.15, 0.2) is 54.6 Å². The molecule has 0 atom stereocenters. The maximum Gasteiger partial charge on any atom is 1.00 e. The Morgan fingerprint density at radius 3 is 1.71 bits per heavy atom. The zero-order valence-electron chi connectivity index (χ0n) is 8.10. The van der Waals surface area contributed by atoms with Gasteiger partial charge in [-0.3, -0.25) is 0 Å². The van der Waals surface area contributed by atoms with E-state index in [4.69, 9.17) is 0 Å². The largest absolute Gasteiger partial charge is 1.00 e. The fourth-order valence-corrected chi connectivity index (χ4v) is 1.28. The summed E-state index contributed by atoms with van der Waals surface area (Å²) < 4.78 is 0. The fraction of sp³-hybridized carbons (Fsp3) is 0. The van der Waals surface area contributed by atoms with Crippen molar-refractivity contribution in [2.75, 3.05) is 0 Å². The van der Waals surface area contributed by atoms with E-state index in [1.807, 2.05) is 42.5 Å². The molecule has 0 spiro atoms. The molecule has 2 aromatic rings. The third kappa shape index (κ3) is 2.94. The van der Waals surface area contributed by atoms with Gasteiger partial charge in [0.15, 0.2) is 0 Å². The van der Waals surface area contributed by atoms with Crippen molar-refractivity contribution in [3.8, 4) is 16.9 Å². The third-order valence-corrected chi connectivity index (χ3v) is 1.96. The molecule has 2 heteroatoms. The molecule has 0 aliphatic carbocycles. The zero-order valence-corrected chi connectivity index (χ0v) is 11.2. The van der Waals surface area contributed by atoms with E-state index in [0.29, 0.717) is 0 Å². The maximum atomic E-state index is 10.9. The summed E-state index contributed by atoms with van der Waals surface area (Å²) in [6, 6.07) is 16.9. The van der Waals surface area contributed by atoms with Gasteiger partial charge < -0.3 is 5.11 Å². The summed E-state index contributed by atoms with van der Waals surface area (Å²) in [6.07, 6.45) is 0. The first kappa shape index (κ1) is 11.9. The van der Waals surface area contributed by atoms with Crippen LogP contribution >= 0.6 is 0 Å². The van der Waals surface area contributed by atoms with Gasteiger partial charge in [0.1, 0.15) is 0 Å². The summed E-state index contributed by atoms with van der Waals surface area (Å²) >= 11 is 0. The van der Waals surface area contributed by atoms with E-state index in [1.54, 1.807) is 12.1 Å². The molecule has 0 bridgehead atoms. The first-order chi connectivity index (χ1) is 6.36. The Balaban J connectivity index is 0.000000980. The molecule has 0 aliphatic rings. The van der Waals surface area contributed by atoms with Crippen LogP contribution in [0.5, 0.6) is 5.75 Å². The molecule has 0 aromatic heterocycles. The molecular formula is C12H9KO. The summed E-state index contributed by atoms with van der Waals surface area (Å²) in [5.74, 6) is 0.0553. The second-order valence-corrected chi connectivity index (χ2v) is 2.89. The van der Waals surface area contributed by atoms with Crippen LogP contribution in [0.2, 0.25) is 0 Å². The van der Waals surface area contributed by atoms with Crippen LogP contribution in [0.4, 0.5) is 0 Å². The van der Waals surface area contributed by atoms with Gasteiger partial charge in [-0.25, -0.2) is 0 Å². The average Bonchev–Trinajstić information content (AvgIpc) is 2.20. The molecule has 2 aromatic carbocycles. The Morgan fingerprint density at radius 2 is 1.14 bits per heavy atom. The summed E-state index contributed by atoms with van der Waals surface area (Å²) in [4.78, 5) is 0. The van der Waals surface area contributed by atoms with Crippen molar-refractivity contribution in [3.05, 3.63) is 54.6 Å². The van der Waals surface area contributed by atoms with Gasteiger partial charge in [-0.05, 0) is 11.1 Å². The molecule has 0 N–H and O–H groups in total. The van der Waals surface area contributed by atoms with Crippen molar-refractivity contribution in [1.29, 1.82) is 0 Å². The molecule has 0 saturated carbocycles. The van der Waals surface area contributed by atoms with E-state index in [2.05, 4.69) is 0 Å². The molecule has 14 heavy (non-hydrogen) atoms. The molecule has 0 amide bonds. The van der Waals surface area contributed by atoms with Gasteiger partial charge in [-0.15, -0.1) is 5.75 Å². The van der Waals surface area contributed by atoms with Crippen molar-refractivity contribution in [3.63, 3.8) is 0 Å². The molecule has 0 radical (unpaired) electrons. The number of hydrogen-bond acceptors (Lipinski definition) is 1. The first-order valence-electron chi connectivity index (χ1n) is 4.19. The van der Waals surface area contributed by atoms with Gasteiger partial charge in [0.25, 0.3) is 0 Å². The van der Waals surface area contributed by atoms with Crippen LogP contribution in [-0.4, -0.2) is 0 Å². The van der Waals surface area contributed by atoms with Crippen LogP contribution in [0.25, 0.3) is 11.1 Å².